The molecule has 3 nitrogen and oxygen atoms in total. The lowest BCUT2D eigenvalue weighted by Gasteiger charge is -2.20. The van der Waals surface area contributed by atoms with Gasteiger partial charge in [-0.05, 0) is 37.0 Å². The Kier molecular flexibility index (Phi) is 4.48. The third kappa shape index (κ3) is 3.64. The van der Waals surface area contributed by atoms with Crippen LogP contribution in [-0.2, 0) is 4.79 Å². The van der Waals surface area contributed by atoms with Gasteiger partial charge in [-0.25, -0.2) is 0 Å². The maximum absolute atomic E-state index is 11.9. The number of benzene rings is 1. The highest BCUT2D eigenvalue weighted by atomic mass is 35.5. The lowest BCUT2D eigenvalue weighted by molar-refractivity contribution is -0.117. The Balaban J connectivity index is 1.88. The molecule has 1 aliphatic carbocycles. The number of phenols is 1. The fourth-order valence-corrected chi connectivity index (χ4v) is 2.63. The third-order valence-electron chi connectivity index (χ3n) is 3.43. The predicted octanol–water partition coefficient (Wildman–Crippen LogP) is 3.95. The quantitative estimate of drug-likeness (QED) is 0.815. The summed E-state index contributed by atoms with van der Waals surface area (Å²) in [6, 6.07) is 4.70. The lowest BCUT2D eigenvalue weighted by Crippen LogP contribution is -2.18. The number of phenolic OH excluding ortho intramolecular Hbond substituents is 1. The van der Waals surface area contributed by atoms with Gasteiger partial charge in [-0.15, -0.1) is 0 Å². The molecule has 1 aliphatic rings. The van der Waals surface area contributed by atoms with Gasteiger partial charge < -0.3 is 10.4 Å². The highest BCUT2D eigenvalue weighted by Crippen LogP contribution is 2.28. The zero-order chi connectivity index (χ0) is 13.0. The smallest absolute Gasteiger partial charge is 0.224 e. The fourth-order valence-electron chi connectivity index (χ4n) is 2.45. The molecule has 98 valence electrons. The normalized spacial score (nSPS) is 16.5. The maximum atomic E-state index is 11.9. The average molecular weight is 268 g/mol. The lowest BCUT2D eigenvalue weighted by atomic mass is 9.87. The molecule has 1 amide bonds. The first-order valence-corrected chi connectivity index (χ1v) is 6.81. The Labute approximate surface area is 112 Å². The number of hydrogen-bond acceptors (Lipinski definition) is 2. The summed E-state index contributed by atoms with van der Waals surface area (Å²) < 4.78 is 0. The Morgan fingerprint density at radius 3 is 2.72 bits per heavy atom. The Hall–Kier alpha value is -1.22. The van der Waals surface area contributed by atoms with Crippen molar-refractivity contribution in [2.45, 2.75) is 38.5 Å². The molecule has 1 fully saturated rings. The number of nitrogens with one attached hydrogen (secondary N) is 1. The highest BCUT2D eigenvalue weighted by Gasteiger charge is 2.17. The molecular weight excluding hydrogens is 250 g/mol. The second-order valence-corrected chi connectivity index (χ2v) is 5.33. The molecule has 2 rings (SSSR count). The SMILES string of the molecule is O=C(CC1CCCCC1)Nc1ccc(O)c(Cl)c1. The van der Waals surface area contributed by atoms with Crippen molar-refractivity contribution in [3.8, 4) is 5.75 Å². The molecule has 1 saturated carbocycles. The van der Waals surface area contributed by atoms with Gasteiger partial charge in [0, 0.05) is 12.1 Å². The standard InChI is InChI=1S/C14H18ClNO2/c15-12-9-11(6-7-13(12)17)16-14(18)8-10-4-2-1-3-5-10/h6-7,9-10,17H,1-5,8H2,(H,16,18). The first-order chi connectivity index (χ1) is 8.65. The van der Waals surface area contributed by atoms with Crippen LogP contribution < -0.4 is 5.32 Å². The van der Waals surface area contributed by atoms with Gasteiger partial charge in [0.25, 0.3) is 0 Å². The first-order valence-electron chi connectivity index (χ1n) is 6.43. The molecule has 1 aromatic carbocycles. The summed E-state index contributed by atoms with van der Waals surface area (Å²) in [4.78, 5) is 11.9. The molecule has 0 atom stereocenters. The van der Waals surface area contributed by atoms with Crippen molar-refractivity contribution in [3.63, 3.8) is 0 Å². The number of amides is 1. The van der Waals surface area contributed by atoms with Crippen molar-refractivity contribution >= 4 is 23.2 Å². The van der Waals surface area contributed by atoms with Crippen LogP contribution in [-0.4, -0.2) is 11.0 Å². The van der Waals surface area contributed by atoms with E-state index in [9.17, 15) is 9.90 Å². The van der Waals surface area contributed by atoms with Crippen molar-refractivity contribution in [1.29, 1.82) is 0 Å². The molecule has 4 heteroatoms. The molecule has 0 radical (unpaired) electrons. The van der Waals surface area contributed by atoms with Crippen LogP contribution in [0.2, 0.25) is 5.02 Å². The van der Waals surface area contributed by atoms with Gasteiger partial charge in [0.15, 0.2) is 0 Å². The predicted molar refractivity (Wildman–Crippen MR) is 72.9 cm³/mol. The number of carbonyl (C=O) groups is 1. The molecular formula is C14H18ClNO2. The van der Waals surface area contributed by atoms with E-state index in [1.807, 2.05) is 0 Å². The third-order valence-corrected chi connectivity index (χ3v) is 3.73. The Bertz CT molecular complexity index is 428. The summed E-state index contributed by atoms with van der Waals surface area (Å²) in [6.45, 7) is 0. The second-order valence-electron chi connectivity index (χ2n) is 4.92. The van der Waals surface area contributed by atoms with E-state index >= 15 is 0 Å². The van der Waals surface area contributed by atoms with Crippen LogP contribution in [0.15, 0.2) is 18.2 Å². The molecule has 0 saturated heterocycles. The summed E-state index contributed by atoms with van der Waals surface area (Å²) >= 11 is 5.79. The Morgan fingerprint density at radius 1 is 1.33 bits per heavy atom. The van der Waals surface area contributed by atoms with E-state index in [0.717, 1.165) is 12.8 Å². The van der Waals surface area contributed by atoms with Crippen molar-refractivity contribution in [3.05, 3.63) is 23.2 Å². The topological polar surface area (TPSA) is 49.3 Å². The number of hydrogen-bond donors (Lipinski definition) is 2. The summed E-state index contributed by atoms with van der Waals surface area (Å²) in [5, 5.41) is 12.4. The minimum Gasteiger partial charge on any atom is -0.506 e. The highest BCUT2D eigenvalue weighted by molar-refractivity contribution is 6.32. The maximum Gasteiger partial charge on any atom is 0.224 e. The zero-order valence-corrected chi connectivity index (χ0v) is 11.0. The molecule has 0 aliphatic heterocycles. The van der Waals surface area contributed by atoms with Crippen LogP contribution in [0.1, 0.15) is 38.5 Å². The van der Waals surface area contributed by atoms with Crippen LogP contribution in [0.4, 0.5) is 5.69 Å². The molecule has 0 bridgehead atoms. The Morgan fingerprint density at radius 2 is 2.06 bits per heavy atom. The van der Waals surface area contributed by atoms with Gasteiger partial charge in [-0.2, -0.15) is 0 Å². The van der Waals surface area contributed by atoms with E-state index in [0.29, 0.717) is 18.0 Å². The summed E-state index contributed by atoms with van der Waals surface area (Å²) in [5.74, 6) is 0.580. The monoisotopic (exact) mass is 267 g/mol. The molecule has 2 N–H and O–H groups in total. The van der Waals surface area contributed by atoms with Gasteiger partial charge in [0.1, 0.15) is 5.75 Å². The van der Waals surface area contributed by atoms with Crippen molar-refractivity contribution in [2.24, 2.45) is 5.92 Å². The summed E-state index contributed by atoms with van der Waals surface area (Å²) in [7, 11) is 0. The molecule has 1 aromatic rings. The van der Waals surface area contributed by atoms with E-state index in [4.69, 9.17) is 11.6 Å². The number of rotatable bonds is 3. The number of halogens is 1. The fraction of sp³-hybridized carbons (Fsp3) is 0.500. The first kappa shape index (κ1) is 13.2. The average Bonchev–Trinajstić information content (AvgIpc) is 2.35. The van der Waals surface area contributed by atoms with Crippen molar-refractivity contribution in [1.82, 2.24) is 0 Å². The number of aromatic hydroxyl groups is 1. The van der Waals surface area contributed by atoms with Gasteiger partial charge >= 0.3 is 0 Å². The van der Waals surface area contributed by atoms with Crippen molar-refractivity contribution < 1.29 is 9.90 Å². The van der Waals surface area contributed by atoms with Gasteiger partial charge in [-0.1, -0.05) is 30.9 Å². The van der Waals surface area contributed by atoms with Crippen LogP contribution in [0.3, 0.4) is 0 Å². The minimum atomic E-state index is 0.0296. The van der Waals surface area contributed by atoms with Crippen LogP contribution in [0.25, 0.3) is 0 Å². The molecule has 0 aromatic heterocycles. The van der Waals surface area contributed by atoms with E-state index in [1.165, 1.54) is 25.3 Å². The van der Waals surface area contributed by atoms with E-state index < -0.39 is 0 Å². The summed E-state index contributed by atoms with van der Waals surface area (Å²) in [5.41, 5.74) is 0.638. The molecule has 0 heterocycles. The van der Waals surface area contributed by atoms with Crippen LogP contribution >= 0.6 is 11.6 Å². The van der Waals surface area contributed by atoms with Crippen LogP contribution in [0, 0.1) is 5.92 Å². The van der Waals surface area contributed by atoms with Crippen LogP contribution in [0.5, 0.6) is 5.75 Å². The number of carbonyl (C=O) groups excluding carboxylic acids is 1. The second kappa shape index (κ2) is 6.10. The van der Waals surface area contributed by atoms with Gasteiger partial charge in [0.2, 0.25) is 5.91 Å². The zero-order valence-electron chi connectivity index (χ0n) is 10.3. The minimum absolute atomic E-state index is 0.0296. The van der Waals surface area contributed by atoms with Gasteiger partial charge in [0.05, 0.1) is 5.02 Å². The van der Waals surface area contributed by atoms with E-state index in [-0.39, 0.29) is 16.7 Å². The molecule has 0 spiro atoms. The van der Waals surface area contributed by atoms with Crippen molar-refractivity contribution in [2.75, 3.05) is 5.32 Å². The van der Waals surface area contributed by atoms with Gasteiger partial charge in [-0.3, -0.25) is 4.79 Å². The largest absolute Gasteiger partial charge is 0.506 e. The molecule has 18 heavy (non-hydrogen) atoms. The number of anilines is 1. The summed E-state index contributed by atoms with van der Waals surface area (Å²) in [6.07, 6.45) is 6.67. The molecule has 0 unspecified atom stereocenters. The van der Waals surface area contributed by atoms with E-state index in [2.05, 4.69) is 5.32 Å². The van der Waals surface area contributed by atoms with E-state index in [1.54, 1.807) is 12.1 Å².